The highest BCUT2D eigenvalue weighted by Gasteiger charge is 2.23. The second-order valence-corrected chi connectivity index (χ2v) is 8.13. The van der Waals surface area contributed by atoms with Crippen LogP contribution in [0.2, 0.25) is 0 Å². The van der Waals surface area contributed by atoms with Crippen LogP contribution in [0.15, 0.2) is 48.5 Å². The number of thiol groups is 1. The Kier molecular flexibility index (Phi) is 10.1. The van der Waals surface area contributed by atoms with Crippen LogP contribution in [0, 0.1) is 0 Å². The van der Waals surface area contributed by atoms with Gasteiger partial charge in [0.15, 0.2) is 0 Å². The van der Waals surface area contributed by atoms with Crippen molar-refractivity contribution in [1.29, 1.82) is 0 Å². The van der Waals surface area contributed by atoms with E-state index in [0.29, 0.717) is 24.3 Å². The van der Waals surface area contributed by atoms with Crippen LogP contribution in [-0.4, -0.2) is 55.4 Å². The van der Waals surface area contributed by atoms with Crippen molar-refractivity contribution in [2.75, 3.05) is 36.7 Å². The minimum Gasteiger partial charge on any atom is -0.467 e. The van der Waals surface area contributed by atoms with Crippen molar-refractivity contribution in [2.24, 2.45) is 5.73 Å². The van der Waals surface area contributed by atoms with Crippen LogP contribution in [0.4, 0.5) is 5.69 Å². The van der Waals surface area contributed by atoms with E-state index in [2.05, 4.69) is 23.3 Å². The van der Waals surface area contributed by atoms with Crippen molar-refractivity contribution in [1.82, 2.24) is 5.32 Å². The van der Waals surface area contributed by atoms with Gasteiger partial charge in [0.25, 0.3) is 5.91 Å². The standard InChI is InChI=1S/C22H29N3O3S2/c1-28-22(27)20(10-11-30-2)25-21(26)19-12-17(24-13-16(23)14-29)8-9-18(19)15-6-4-3-5-7-15/h3-9,12,16,20,24,29H,10-11,13-14,23H2,1-2H3,(H,25,26)/t16-,20+/m1/s1. The van der Waals surface area contributed by atoms with E-state index in [0.717, 1.165) is 22.6 Å². The summed E-state index contributed by atoms with van der Waals surface area (Å²) in [4.78, 5) is 25.3. The Labute approximate surface area is 187 Å². The van der Waals surface area contributed by atoms with Crippen molar-refractivity contribution >= 4 is 42.0 Å². The monoisotopic (exact) mass is 447 g/mol. The van der Waals surface area contributed by atoms with Crippen LogP contribution in [-0.2, 0) is 9.53 Å². The van der Waals surface area contributed by atoms with Crippen molar-refractivity contribution in [3.8, 4) is 11.1 Å². The van der Waals surface area contributed by atoms with Gasteiger partial charge in [-0.25, -0.2) is 4.79 Å². The van der Waals surface area contributed by atoms with Gasteiger partial charge in [0, 0.05) is 29.6 Å². The highest BCUT2D eigenvalue weighted by atomic mass is 32.2. The van der Waals surface area contributed by atoms with Gasteiger partial charge in [-0.05, 0) is 41.7 Å². The highest BCUT2D eigenvalue weighted by molar-refractivity contribution is 7.98. The number of hydrogen-bond acceptors (Lipinski definition) is 7. The van der Waals surface area contributed by atoms with Crippen LogP contribution < -0.4 is 16.4 Å². The largest absolute Gasteiger partial charge is 0.467 e. The molecule has 0 aromatic heterocycles. The van der Waals surface area contributed by atoms with Crippen molar-refractivity contribution < 1.29 is 14.3 Å². The van der Waals surface area contributed by atoms with Crippen LogP contribution in [0.5, 0.6) is 0 Å². The number of anilines is 1. The summed E-state index contributed by atoms with van der Waals surface area (Å²) in [6, 6.07) is 14.4. The van der Waals surface area contributed by atoms with Gasteiger partial charge < -0.3 is 21.1 Å². The molecule has 0 heterocycles. The van der Waals surface area contributed by atoms with E-state index in [4.69, 9.17) is 10.5 Å². The van der Waals surface area contributed by atoms with Crippen LogP contribution in [0.1, 0.15) is 16.8 Å². The number of benzene rings is 2. The fourth-order valence-electron chi connectivity index (χ4n) is 2.89. The van der Waals surface area contributed by atoms with E-state index < -0.39 is 12.0 Å². The molecule has 8 heteroatoms. The summed E-state index contributed by atoms with van der Waals surface area (Å²) in [6.07, 6.45) is 2.45. The molecule has 0 bridgehead atoms. The Balaban J connectivity index is 2.34. The van der Waals surface area contributed by atoms with Gasteiger partial charge in [-0.15, -0.1) is 0 Å². The minimum absolute atomic E-state index is 0.102. The number of hydrogen-bond donors (Lipinski definition) is 4. The topological polar surface area (TPSA) is 93.4 Å². The van der Waals surface area contributed by atoms with E-state index in [-0.39, 0.29) is 11.9 Å². The third kappa shape index (κ3) is 6.97. The van der Waals surface area contributed by atoms with Crippen molar-refractivity contribution in [3.63, 3.8) is 0 Å². The molecule has 0 spiro atoms. The molecule has 0 aliphatic heterocycles. The Morgan fingerprint density at radius 2 is 1.93 bits per heavy atom. The highest BCUT2D eigenvalue weighted by Crippen LogP contribution is 2.27. The van der Waals surface area contributed by atoms with Gasteiger partial charge in [-0.3, -0.25) is 4.79 Å². The Hall–Kier alpha value is -2.16. The van der Waals surface area contributed by atoms with Gasteiger partial charge in [0.1, 0.15) is 6.04 Å². The Morgan fingerprint density at radius 3 is 2.57 bits per heavy atom. The number of carbonyl (C=O) groups excluding carboxylic acids is 2. The third-order valence-electron chi connectivity index (χ3n) is 4.55. The zero-order chi connectivity index (χ0) is 21.9. The maximum absolute atomic E-state index is 13.2. The molecule has 0 unspecified atom stereocenters. The minimum atomic E-state index is -0.701. The lowest BCUT2D eigenvalue weighted by Gasteiger charge is -2.19. The van der Waals surface area contributed by atoms with E-state index in [1.807, 2.05) is 48.7 Å². The number of rotatable bonds is 11. The molecule has 162 valence electrons. The third-order valence-corrected chi connectivity index (χ3v) is 5.67. The zero-order valence-corrected chi connectivity index (χ0v) is 19.0. The molecule has 6 nitrogen and oxygen atoms in total. The molecule has 1 amide bonds. The summed E-state index contributed by atoms with van der Waals surface area (Å²) in [6.45, 7) is 0.535. The first kappa shape index (κ1) is 24.1. The molecule has 0 aliphatic carbocycles. The Morgan fingerprint density at radius 1 is 1.20 bits per heavy atom. The number of thioether (sulfide) groups is 1. The van der Waals surface area contributed by atoms with Gasteiger partial charge in [0.05, 0.1) is 7.11 Å². The molecule has 2 aromatic carbocycles. The van der Waals surface area contributed by atoms with Gasteiger partial charge >= 0.3 is 5.97 Å². The van der Waals surface area contributed by atoms with Crippen LogP contribution in [0.3, 0.4) is 0 Å². The van der Waals surface area contributed by atoms with Crippen molar-refractivity contribution in [3.05, 3.63) is 54.1 Å². The molecule has 2 rings (SSSR count). The fraction of sp³-hybridized carbons (Fsp3) is 0.364. The number of esters is 1. The molecule has 2 atom stereocenters. The first-order chi connectivity index (χ1) is 14.5. The number of nitrogens with two attached hydrogens (primary N) is 1. The maximum Gasteiger partial charge on any atom is 0.328 e. The molecule has 4 N–H and O–H groups in total. The van der Waals surface area contributed by atoms with Gasteiger partial charge in [0.2, 0.25) is 0 Å². The molecule has 0 fully saturated rings. The van der Waals surface area contributed by atoms with E-state index in [1.165, 1.54) is 7.11 Å². The zero-order valence-electron chi connectivity index (χ0n) is 17.3. The number of carbonyl (C=O) groups is 2. The normalized spacial score (nSPS) is 12.7. The summed E-state index contributed by atoms with van der Waals surface area (Å²) in [5.74, 6) is 0.508. The van der Waals surface area contributed by atoms with E-state index in [1.54, 1.807) is 17.8 Å². The molecule has 0 radical (unpaired) electrons. The predicted octanol–water partition coefficient (Wildman–Crippen LogP) is 3.05. The average Bonchev–Trinajstić information content (AvgIpc) is 2.79. The quantitative estimate of drug-likeness (QED) is 0.313. The first-order valence-corrected chi connectivity index (χ1v) is 11.7. The summed E-state index contributed by atoms with van der Waals surface area (Å²) in [7, 11) is 1.32. The van der Waals surface area contributed by atoms with Crippen molar-refractivity contribution in [2.45, 2.75) is 18.5 Å². The number of ether oxygens (including phenoxy) is 1. The second kappa shape index (κ2) is 12.5. The van der Waals surface area contributed by atoms with Gasteiger partial charge in [-0.2, -0.15) is 24.4 Å². The summed E-state index contributed by atoms with van der Waals surface area (Å²) in [5.41, 5.74) is 8.88. The van der Waals surface area contributed by atoms with Gasteiger partial charge in [-0.1, -0.05) is 36.4 Å². The molecule has 0 saturated heterocycles. The maximum atomic E-state index is 13.2. The summed E-state index contributed by atoms with van der Waals surface area (Å²) < 4.78 is 4.87. The molecule has 2 aromatic rings. The predicted molar refractivity (Wildman–Crippen MR) is 128 cm³/mol. The lowest BCUT2D eigenvalue weighted by Crippen LogP contribution is -2.42. The Bertz CT molecular complexity index is 834. The molecule has 0 saturated carbocycles. The number of nitrogens with one attached hydrogen (secondary N) is 2. The smallest absolute Gasteiger partial charge is 0.328 e. The van der Waals surface area contributed by atoms with Crippen LogP contribution >= 0.6 is 24.4 Å². The number of methoxy groups -OCH3 is 1. The second-order valence-electron chi connectivity index (χ2n) is 6.78. The fourth-order valence-corrected chi connectivity index (χ4v) is 3.49. The van der Waals surface area contributed by atoms with Crippen LogP contribution in [0.25, 0.3) is 11.1 Å². The van der Waals surface area contributed by atoms with E-state index >= 15 is 0 Å². The number of amides is 1. The molecule has 30 heavy (non-hydrogen) atoms. The first-order valence-electron chi connectivity index (χ1n) is 9.67. The average molecular weight is 448 g/mol. The SMILES string of the molecule is COC(=O)[C@H](CCSC)NC(=O)c1cc(NC[C@@H](N)CS)ccc1-c1ccccc1. The lowest BCUT2D eigenvalue weighted by molar-refractivity contribution is -0.142. The lowest BCUT2D eigenvalue weighted by atomic mass is 9.98. The molecule has 0 aliphatic rings. The molecular formula is C22H29N3O3S2. The summed E-state index contributed by atoms with van der Waals surface area (Å²) in [5, 5.41) is 6.08. The summed E-state index contributed by atoms with van der Waals surface area (Å²) >= 11 is 5.81. The molecular weight excluding hydrogens is 418 g/mol. The van der Waals surface area contributed by atoms with E-state index in [9.17, 15) is 9.59 Å².